The van der Waals surface area contributed by atoms with Gasteiger partial charge in [0.1, 0.15) is 5.69 Å². The van der Waals surface area contributed by atoms with Crippen molar-refractivity contribution in [1.82, 2.24) is 15.3 Å². The Bertz CT molecular complexity index is 864. The normalized spacial score (nSPS) is 11.2. The largest absolute Gasteiger partial charge is 0.433 e. The number of hydrogen-bond donors (Lipinski definition) is 2. The zero-order chi connectivity index (χ0) is 20.9. The molecule has 0 saturated carbocycles. The number of aromatic nitrogens is 2. The van der Waals surface area contributed by atoms with Gasteiger partial charge in [-0.25, -0.2) is 9.97 Å². The van der Waals surface area contributed by atoms with Crippen LogP contribution in [0.2, 0.25) is 0 Å². The van der Waals surface area contributed by atoms with Crippen LogP contribution in [-0.2, 0) is 15.8 Å². The zero-order valence-electron chi connectivity index (χ0n) is 15.5. The molecule has 1 aromatic carbocycles. The molecule has 10 heteroatoms. The Morgan fingerprint density at radius 1 is 1.11 bits per heavy atom. The number of thioether (sulfide) groups is 1. The van der Waals surface area contributed by atoms with Gasteiger partial charge in [-0.15, -0.1) is 0 Å². The molecule has 6 nitrogen and oxygen atoms in total. The second kappa shape index (κ2) is 9.05. The van der Waals surface area contributed by atoms with Crippen LogP contribution in [0.1, 0.15) is 22.4 Å². The predicted molar refractivity (Wildman–Crippen MR) is 100 cm³/mol. The van der Waals surface area contributed by atoms with Crippen molar-refractivity contribution in [3.63, 3.8) is 0 Å². The van der Waals surface area contributed by atoms with E-state index < -0.39 is 23.7 Å². The summed E-state index contributed by atoms with van der Waals surface area (Å²) in [5.41, 5.74) is 2.52. The highest BCUT2D eigenvalue weighted by Gasteiger charge is 2.32. The van der Waals surface area contributed by atoms with Crippen molar-refractivity contribution in [2.45, 2.75) is 32.1 Å². The number of nitrogens with zero attached hydrogens (tertiary/aromatic N) is 2. The van der Waals surface area contributed by atoms with Crippen molar-refractivity contribution in [3.05, 3.63) is 46.8 Å². The van der Waals surface area contributed by atoms with E-state index in [4.69, 9.17) is 0 Å². The van der Waals surface area contributed by atoms with Crippen LogP contribution in [0.5, 0.6) is 0 Å². The molecule has 0 radical (unpaired) electrons. The van der Waals surface area contributed by atoms with E-state index in [9.17, 15) is 22.8 Å². The lowest BCUT2D eigenvalue weighted by atomic mass is 10.1. The monoisotopic (exact) mass is 412 g/mol. The van der Waals surface area contributed by atoms with Gasteiger partial charge in [-0.1, -0.05) is 29.5 Å². The van der Waals surface area contributed by atoms with Crippen LogP contribution in [-0.4, -0.2) is 34.1 Å². The summed E-state index contributed by atoms with van der Waals surface area (Å²) in [5, 5.41) is 5.00. The summed E-state index contributed by atoms with van der Waals surface area (Å²) in [5.74, 6) is -1.13. The average molecular weight is 412 g/mol. The SMILES string of the molecule is Cc1cc(C)c(NC(=O)CNC(=O)CSc2nccc(C(F)(F)F)n2)c(C)c1. The Morgan fingerprint density at radius 3 is 2.36 bits per heavy atom. The third-order valence-corrected chi connectivity index (χ3v) is 4.51. The lowest BCUT2D eigenvalue weighted by molar-refractivity contribution is -0.141. The van der Waals surface area contributed by atoms with Crippen molar-refractivity contribution in [1.29, 1.82) is 0 Å². The molecule has 2 rings (SSSR count). The number of anilines is 1. The maximum atomic E-state index is 12.6. The number of carbonyl (C=O) groups is 2. The number of alkyl halides is 3. The minimum atomic E-state index is -4.58. The Balaban J connectivity index is 1.84. The van der Waals surface area contributed by atoms with Crippen molar-refractivity contribution < 1.29 is 22.8 Å². The number of amides is 2. The van der Waals surface area contributed by atoms with Crippen LogP contribution in [0.25, 0.3) is 0 Å². The summed E-state index contributed by atoms with van der Waals surface area (Å²) >= 11 is 0.755. The van der Waals surface area contributed by atoms with Gasteiger partial charge >= 0.3 is 6.18 Å². The molecule has 0 aliphatic rings. The molecule has 0 atom stereocenters. The fourth-order valence-corrected chi connectivity index (χ4v) is 3.15. The Hall–Kier alpha value is -2.62. The molecule has 2 aromatic rings. The first-order chi connectivity index (χ1) is 13.1. The standard InChI is InChI=1S/C18H19F3N4O2S/c1-10-6-11(2)16(12(3)7-10)25-14(26)8-23-15(27)9-28-17-22-5-4-13(24-17)18(19,20)21/h4-7H,8-9H2,1-3H3,(H,23,27)(H,25,26). The number of rotatable bonds is 6. The van der Waals surface area contributed by atoms with Crippen LogP contribution >= 0.6 is 11.8 Å². The quantitative estimate of drug-likeness (QED) is 0.562. The molecule has 28 heavy (non-hydrogen) atoms. The molecule has 1 aromatic heterocycles. The third kappa shape index (κ3) is 6.22. The van der Waals surface area contributed by atoms with E-state index in [2.05, 4.69) is 20.6 Å². The van der Waals surface area contributed by atoms with Gasteiger partial charge in [-0.2, -0.15) is 13.2 Å². The van der Waals surface area contributed by atoms with Gasteiger partial charge in [-0.3, -0.25) is 9.59 Å². The van der Waals surface area contributed by atoms with Gasteiger partial charge in [0.05, 0.1) is 12.3 Å². The molecule has 2 amide bonds. The lowest BCUT2D eigenvalue weighted by Crippen LogP contribution is -2.34. The Labute approximate surface area is 164 Å². The van der Waals surface area contributed by atoms with Gasteiger partial charge in [0, 0.05) is 11.9 Å². The number of halogens is 3. The summed E-state index contributed by atoms with van der Waals surface area (Å²) in [7, 11) is 0. The molecule has 2 N–H and O–H groups in total. The van der Waals surface area contributed by atoms with E-state index in [1.807, 2.05) is 32.9 Å². The maximum Gasteiger partial charge on any atom is 0.433 e. The van der Waals surface area contributed by atoms with E-state index in [1.165, 1.54) is 0 Å². The summed E-state index contributed by atoms with van der Waals surface area (Å²) in [6, 6.07) is 4.63. The number of aryl methyl sites for hydroxylation is 3. The smallest absolute Gasteiger partial charge is 0.346 e. The molecule has 0 aliphatic heterocycles. The van der Waals surface area contributed by atoms with Gasteiger partial charge in [0.2, 0.25) is 11.8 Å². The van der Waals surface area contributed by atoms with Crippen LogP contribution in [0.3, 0.4) is 0 Å². The van der Waals surface area contributed by atoms with Crippen LogP contribution < -0.4 is 10.6 Å². The Morgan fingerprint density at radius 2 is 1.75 bits per heavy atom. The molecule has 0 spiro atoms. The molecular weight excluding hydrogens is 393 g/mol. The number of hydrogen-bond acceptors (Lipinski definition) is 5. The van der Waals surface area contributed by atoms with Crippen molar-refractivity contribution >= 4 is 29.3 Å². The second-order valence-electron chi connectivity index (χ2n) is 6.11. The van der Waals surface area contributed by atoms with Gasteiger partial charge in [0.15, 0.2) is 5.16 Å². The van der Waals surface area contributed by atoms with E-state index in [1.54, 1.807) is 0 Å². The first kappa shape index (κ1) is 21.7. The maximum absolute atomic E-state index is 12.6. The molecule has 0 unspecified atom stereocenters. The first-order valence-corrected chi connectivity index (χ1v) is 9.22. The average Bonchev–Trinajstić information content (AvgIpc) is 2.60. The van der Waals surface area contributed by atoms with E-state index in [-0.39, 0.29) is 17.5 Å². The van der Waals surface area contributed by atoms with Gasteiger partial charge in [-0.05, 0) is 38.0 Å². The minimum absolute atomic E-state index is 0.166. The highest BCUT2D eigenvalue weighted by atomic mass is 32.2. The van der Waals surface area contributed by atoms with Crippen molar-refractivity contribution in [2.24, 2.45) is 0 Å². The van der Waals surface area contributed by atoms with E-state index in [0.29, 0.717) is 5.69 Å². The minimum Gasteiger partial charge on any atom is -0.346 e. The summed E-state index contributed by atoms with van der Waals surface area (Å²) in [6.07, 6.45) is -3.60. The zero-order valence-corrected chi connectivity index (χ0v) is 16.3. The second-order valence-corrected chi connectivity index (χ2v) is 7.05. The van der Waals surface area contributed by atoms with Crippen molar-refractivity contribution in [2.75, 3.05) is 17.6 Å². The molecule has 0 bridgehead atoms. The summed E-state index contributed by atoms with van der Waals surface area (Å²) in [4.78, 5) is 31.0. The molecule has 0 saturated heterocycles. The van der Waals surface area contributed by atoms with Gasteiger partial charge in [0.25, 0.3) is 0 Å². The van der Waals surface area contributed by atoms with E-state index >= 15 is 0 Å². The molecule has 0 fully saturated rings. The molecule has 150 valence electrons. The Kier molecular flexibility index (Phi) is 7.00. The fraction of sp³-hybridized carbons (Fsp3) is 0.333. The lowest BCUT2D eigenvalue weighted by Gasteiger charge is -2.13. The van der Waals surface area contributed by atoms with Crippen LogP contribution in [0.4, 0.5) is 18.9 Å². The number of nitrogens with one attached hydrogen (secondary N) is 2. The highest BCUT2D eigenvalue weighted by Crippen LogP contribution is 2.28. The van der Waals surface area contributed by atoms with Crippen molar-refractivity contribution in [3.8, 4) is 0 Å². The highest BCUT2D eigenvalue weighted by molar-refractivity contribution is 7.99. The molecule has 0 aliphatic carbocycles. The fourth-order valence-electron chi connectivity index (χ4n) is 2.49. The van der Waals surface area contributed by atoms with Crippen LogP contribution in [0.15, 0.2) is 29.6 Å². The molecular formula is C18H19F3N4O2S. The summed E-state index contributed by atoms with van der Waals surface area (Å²) in [6.45, 7) is 5.45. The van der Waals surface area contributed by atoms with E-state index in [0.717, 1.165) is 40.7 Å². The molecule has 1 heterocycles. The number of benzene rings is 1. The van der Waals surface area contributed by atoms with Crippen LogP contribution in [0, 0.1) is 20.8 Å². The topological polar surface area (TPSA) is 84.0 Å². The predicted octanol–water partition coefficient (Wildman–Crippen LogP) is 3.27. The first-order valence-electron chi connectivity index (χ1n) is 8.23. The van der Waals surface area contributed by atoms with Gasteiger partial charge < -0.3 is 10.6 Å². The summed E-state index contributed by atoms with van der Waals surface area (Å²) < 4.78 is 37.8. The number of carbonyl (C=O) groups excluding carboxylic acids is 2. The third-order valence-electron chi connectivity index (χ3n) is 3.64.